The van der Waals surface area contributed by atoms with Gasteiger partial charge < -0.3 is 10.2 Å². The van der Waals surface area contributed by atoms with Gasteiger partial charge in [0.25, 0.3) is 0 Å². The molecule has 0 bridgehead atoms. The summed E-state index contributed by atoms with van der Waals surface area (Å²) in [5, 5.41) is 19.9. The maximum Gasteiger partial charge on any atom is 0.150 e. The summed E-state index contributed by atoms with van der Waals surface area (Å²) in [7, 11) is -2.96. The molecular weight excluding hydrogens is 252 g/mol. The van der Waals surface area contributed by atoms with Crippen molar-refractivity contribution in [3.63, 3.8) is 0 Å². The van der Waals surface area contributed by atoms with Gasteiger partial charge in [-0.1, -0.05) is 26.2 Å². The molecule has 1 aliphatic carbocycles. The van der Waals surface area contributed by atoms with E-state index in [1.54, 1.807) is 6.92 Å². The van der Waals surface area contributed by atoms with E-state index in [-0.39, 0.29) is 17.4 Å². The van der Waals surface area contributed by atoms with Gasteiger partial charge in [0, 0.05) is 5.75 Å². The normalized spacial score (nSPS) is 21.7. The standard InChI is InChI=1S/C13H26O4S/c1-2-18(16,17)10-6-9-12(14)13(15)11-7-4-3-5-8-11/h11-15H,2-10H2,1H3. The molecule has 1 saturated carbocycles. The quantitative estimate of drug-likeness (QED) is 0.740. The Balaban J connectivity index is 2.29. The molecule has 4 nitrogen and oxygen atoms in total. The molecule has 2 unspecified atom stereocenters. The molecule has 0 heterocycles. The minimum absolute atomic E-state index is 0.109. The lowest BCUT2D eigenvalue weighted by molar-refractivity contribution is -0.0306. The first kappa shape index (κ1) is 15.9. The third-order valence-electron chi connectivity index (χ3n) is 3.92. The van der Waals surface area contributed by atoms with Crippen molar-refractivity contribution >= 4 is 9.84 Å². The van der Waals surface area contributed by atoms with E-state index in [0.717, 1.165) is 25.7 Å². The molecular formula is C13H26O4S. The van der Waals surface area contributed by atoms with E-state index in [9.17, 15) is 18.6 Å². The minimum atomic E-state index is -2.96. The second-order valence-corrected chi connectivity index (χ2v) is 7.81. The topological polar surface area (TPSA) is 74.6 Å². The number of hydrogen-bond acceptors (Lipinski definition) is 4. The summed E-state index contributed by atoms with van der Waals surface area (Å²) in [5.74, 6) is 0.447. The van der Waals surface area contributed by atoms with Gasteiger partial charge in [0.1, 0.15) is 9.84 Å². The summed E-state index contributed by atoms with van der Waals surface area (Å²) in [5.41, 5.74) is 0. The van der Waals surface area contributed by atoms with Crippen molar-refractivity contribution in [1.82, 2.24) is 0 Å². The Bertz CT molecular complexity index is 320. The maximum atomic E-state index is 11.3. The highest BCUT2D eigenvalue weighted by Crippen LogP contribution is 2.28. The Kier molecular flexibility index (Phi) is 6.60. The van der Waals surface area contributed by atoms with Gasteiger partial charge in [0.05, 0.1) is 18.0 Å². The van der Waals surface area contributed by atoms with E-state index in [1.165, 1.54) is 6.42 Å². The third-order valence-corrected chi connectivity index (χ3v) is 5.71. The lowest BCUT2D eigenvalue weighted by Gasteiger charge is -2.29. The number of aliphatic hydroxyl groups excluding tert-OH is 2. The van der Waals surface area contributed by atoms with Crippen LogP contribution in [0.2, 0.25) is 0 Å². The molecule has 0 spiro atoms. The SMILES string of the molecule is CCS(=O)(=O)CCCC(O)C(O)C1CCCCC1. The van der Waals surface area contributed by atoms with Gasteiger partial charge in [-0.2, -0.15) is 0 Å². The van der Waals surface area contributed by atoms with Crippen LogP contribution in [0.25, 0.3) is 0 Å². The van der Waals surface area contributed by atoms with Crippen LogP contribution in [0.5, 0.6) is 0 Å². The largest absolute Gasteiger partial charge is 0.390 e. The van der Waals surface area contributed by atoms with Gasteiger partial charge in [-0.15, -0.1) is 0 Å². The Morgan fingerprint density at radius 1 is 1.17 bits per heavy atom. The highest BCUT2D eigenvalue weighted by atomic mass is 32.2. The fraction of sp³-hybridized carbons (Fsp3) is 1.00. The summed E-state index contributed by atoms with van der Waals surface area (Å²) >= 11 is 0. The first-order valence-electron chi connectivity index (χ1n) is 7.03. The molecule has 0 saturated heterocycles. The fourth-order valence-corrected chi connectivity index (χ4v) is 3.51. The molecule has 5 heteroatoms. The number of hydrogen-bond donors (Lipinski definition) is 2. The second kappa shape index (κ2) is 7.46. The van der Waals surface area contributed by atoms with E-state index >= 15 is 0 Å². The van der Waals surface area contributed by atoms with Crippen molar-refractivity contribution in [3.05, 3.63) is 0 Å². The highest BCUT2D eigenvalue weighted by molar-refractivity contribution is 7.91. The van der Waals surface area contributed by atoms with E-state index in [4.69, 9.17) is 0 Å². The number of sulfone groups is 1. The van der Waals surface area contributed by atoms with E-state index in [0.29, 0.717) is 12.8 Å². The van der Waals surface area contributed by atoms with Gasteiger partial charge in [0.15, 0.2) is 0 Å². The van der Waals surface area contributed by atoms with Crippen LogP contribution >= 0.6 is 0 Å². The Morgan fingerprint density at radius 3 is 2.33 bits per heavy atom. The van der Waals surface area contributed by atoms with Crippen LogP contribution in [0.15, 0.2) is 0 Å². The van der Waals surface area contributed by atoms with Crippen LogP contribution in [0.3, 0.4) is 0 Å². The Labute approximate surface area is 110 Å². The van der Waals surface area contributed by atoms with Gasteiger partial charge in [0.2, 0.25) is 0 Å². The summed E-state index contributed by atoms with van der Waals surface area (Å²) < 4.78 is 22.6. The molecule has 1 fully saturated rings. The molecule has 18 heavy (non-hydrogen) atoms. The third kappa shape index (κ3) is 5.24. The van der Waals surface area contributed by atoms with E-state index < -0.39 is 22.0 Å². The van der Waals surface area contributed by atoms with Crippen molar-refractivity contribution in [2.24, 2.45) is 5.92 Å². The predicted molar refractivity (Wildman–Crippen MR) is 72.2 cm³/mol. The van der Waals surface area contributed by atoms with Crippen LogP contribution in [-0.4, -0.2) is 42.3 Å². The molecule has 1 rings (SSSR count). The molecule has 108 valence electrons. The molecule has 2 N–H and O–H groups in total. The zero-order valence-electron chi connectivity index (χ0n) is 11.2. The number of rotatable bonds is 7. The molecule has 0 radical (unpaired) electrons. The van der Waals surface area contributed by atoms with Gasteiger partial charge in [-0.3, -0.25) is 0 Å². The zero-order valence-corrected chi connectivity index (χ0v) is 12.0. The molecule has 0 aromatic rings. The number of aliphatic hydroxyl groups is 2. The minimum Gasteiger partial charge on any atom is -0.390 e. The zero-order chi connectivity index (χ0) is 13.6. The summed E-state index contributed by atoms with van der Waals surface area (Å²) in [6, 6.07) is 0. The van der Waals surface area contributed by atoms with Crippen LogP contribution in [0.4, 0.5) is 0 Å². The highest BCUT2D eigenvalue weighted by Gasteiger charge is 2.27. The van der Waals surface area contributed by atoms with Crippen molar-refractivity contribution in [2.45, 2.75) is 64.1 Å². The van der Waals surface area contributed by atoms with E-state index in [1.807, 2.05) is 0 Å². The first-order valence-corrected chi connectivity index (χ1v) is 8.85. The molecule has 1 aliphatic rings. The summed E-state index contributed by atoms with van der Waals surface area (Å²) in [6.07, 6.45) is 4.76. The monoisotopic (exact) mass is 278 g/mol. The molecule has 2 atom stereocenters. The van der Waals surface area contributed by atoms with Crippen molar-refractivity contribution < 1.29 is 18.6 Å². The average Bonchev–Trinajstić information content (AvgIpc) is 2.38. The summed E-state index contributed by atoms with van der Waals surface area (Å²) in [6.45, 7) is 1.63. The molecule has 0 aromatic carbocycles. The first-order chi connectivity index (χ1) is 8.46. The van der Waals surface area contributed by atoms with Crippen molar-refractivity contribution in [2.75, 3.05) is 11.5 Å². The van der Waals surface area contributed by atoms with Gasteiger partial charge in [-0.25, -0.2) is 8.42 Å². The Morgan fingerprint density at radius 2 is 1.78 bits per heavy atom. The van der Waals surface area contributed by atoms with Crippen LogP contribution in [0.1, 0.15) is 51.9 Å². The Hall–Kier alpha value is -0.130. The van der Waals surface area contributed by atoms with Crippen LogP contribution in [-0.2, 0) is 9.84 Å². The predicted octanol–water partition coefficient (Wildman–Crippen LogP) is 1.50. The lowest BCUT2D eigenvalue weighted by atomic mass is 9.82. The van der Waals surface area contributed by atoms with Crippen molar-refractivity contribution in [1.29, 1.82) is 0 Å². The van der Waals surface area contributed by atoms with E-state index in [2.05, 4.69) is 0 Å². The van der Waals surface area contributed by atoms with Crippen LogP contribution < -0.4 is 0 Å². The smallest absolute Gasteiger partial charge is 0.150 e. The summed E-state index contributed by atoms with van der Waals surface area (Å²) in [4.78, 5) is 0. The van der Waals surface area contributed by atoms with Crippen LogP contribution in [0, 0.1) is 5.92 Å². The second-order valence-electron chi connectivity index (χ2n) is 5.33. The lowest BCUT2D eigenvalue weighted by Crippen LogP contribution is -2.35. The molecule has 0 aliphatic heterocycles. The fourth-order valence-electron chi connectivity index (χ4n) is 2.62. The van der Waals surface area contributed by atoms with Gasteiger partial charge >= 0.3 is 0 Å². The molecule has 0 aromatic heterocycles. The van der Waals surface area contributed by atoms with Gasteiger partial charge in [-0.05, 0) is 31.6 Å². The van der Waals surface area contributed by atoms with Crippen molar-refractivity contribution in [3.8, 4) is 0 Å². The average molecular weight is 278 g/mol. The maximum absolute atomic E-state index is 11.3. The molecule has 0 amide bonds.